The Morgan fingerprint density at radius 3 is 2.90 bits per heavy atom. The van der Waals surface area contributed by atoms with E-state index in [9.17, 15) is 9.90 Å². The lowest BCUT2D eigenvalue weighted by Gasteiger charge is -2.27. The van der Waals surface area contributed by atoms with Gasteiger partial charge in [-0.3, -0.25) is 4.79 Å². The zero-order chi connectivity index (χ0) is 14.8. The number of fused-ring (bicyclic) bond motifs is 1. The molecule has 2 atom stereocenters. The van der Waals surface area contributed by atoms with Crippen molar-refractivity contribution in [2.24, 2.45) is 0 Å². The number of ether oxygens (including phenoxy) is 1. The highest BCUT2D eigenvalue weighted by molar-refractivity contribution is 5.70. The van der Waals surface area contributed by atoms with Crippen molar-refractivity contribution < 1.29 is 14.6 Å². The minimum Gasteiger partial charge on any atom is -0.462 e. The highest BCUT2D eigenvalue weighted by Crippen LogP contribution is 2.29. The van der Waals surface area contributed by atoms with E-state index < -0.39 is 6.10 Å². The monoisotopic (exact) mass is 288 g/mol. The number of carbonyl (C=O) groups is 1. The summed E-state index contributed by atoms with van der Waals surface area (Å²) in [6.45, 7) is 2.17. The van der Waals surface area contributed by atoms with Gasteiger partial charge in [-0.25, -0.2) is 0 Å². The molecule has 1 aromatic rings. The van der Waals surface area contributed by atoms with Gasteiger partial charge in [-0.15, -0.1) is 0 Å². The van der Waals surface area contributed by atoms with Crippen LogP contribution in [0.15, 0.2) is 12.1 Å². The van der Waals surface area contributed by atoms with Gasteiger partial charge in [-0.1, -0.05) is 12.1 Å². The van der Waals surface area contributed by atoms with Gasteiger partial charge in [0.25, 0.3) is 0 Å². The normalized spacial score (nSPS) is 25.3. The van der Waals surface area contributed by atoms with Crippen LogP contribution in [0, 0.1) is 6.92 Å². The number of carbonyl (C=O) groups excluding carboxylic acids is 1. The summed E-state index contributed by atoms with van der Waals surface area (Å²) in [5, 5.41) is 9.69. The first-order valence-corrected chi connectivity index (χ1v) is 8.11. The number of cyclic esters (lactones) is 1. The van der Waals surface area contributed by atoms with Crippen LogP contribution in [0.5, 0.6) is 0 Å². The molecular formula is C18H24O3. The molecule has 2 aliphatic rings. The number of esters is 1. The van der Waals surface area contributed by atoms with Crippen LogP contribution in [0.25, 0.3) is 0 Å². The zero-order valence-corrected chi connectivity index (χ0v) is 12.7. The SMILES string of the molecule is Cc1ccc2c(c1CCC1CC(O)CC(=O)O1)CCCC2. The molecule has 0 radical (unpaired) electrons. The average molecular weight is 288 g/mol. The van der Waals surface area contributed by atoms with E-state index in [1.54, 1.807) is 0 Å². The summed E-state index contributed by atoms with van der Waals surface area (Å²) in [5.74, 6) is -0.259. The van der Waals surface area contributed by atoms with Crippen LogP contribution in [-0.2, 0) is 28.8 Å². The smallest absolute Gasteiger partial charge is 0.308 e. The van der Waals surface area contributed by atoms with Gasteiger partial charge in [0.2, 0.25) is 0 Å². The molecule has 0 saturated carbocycles. The quantitative estimate of drug-likeness (QED) is 0.870. The summed E-state index contributed by atoms with van der Waals surface area (Å²) >= 11 is 0. The van der Waals surface area contributed by atoms with Crippen LogP contribution in [0.3, 0.4) is 0 Å². The van der Waals surface area contributed by atoms with E-state index in [0.29, 0.717) is 6.42 Å². The maximum atomic E-state index is 11.4. The molecule has 3 rings (SSSR count). The summed E-state index contributed by atoms with van der Waals surface area (Å²) in [6.07, 6.45) is 6.79. The number of benzene rings is 1. The average Bonchev–Trinajstić information content (AvgIpc) is 2.45. The molecule has 1 aliphatic heterocycles. The third-order valence-electron chi connectivity index (χ3n) is 4.84. The van der Waals surface area contributed by atoms with Crippen molar-refractivity contribution in [1.29, 1.82) is 0 Å². The molecule has 3 nitrogen and oxygen atoms in total. The van der Waals surface area contributed by atoms with Crippen molar-refractivity contribution in [2.75, 3.05) is 0 Å². The molecule has 0 bridgehead atoms. The number of hydrogen-bond acceptors (Lipinski definition) is 3. The van der Waals surface area contributed by atoms with Gasteiger partial charge in [0.05, 0.1) is 12.5 Å². The van der Waals surface area contributed by atoms with Crippen molar-refractivity contribution in [2.45, 2.75) is 70.5 Å². The molecule has 1 saturated heterocycles. The Hall–Kier alpha value is -1.35. The Bertz CT molecular complexity index is 536. The minimum atomic E-state index is -0.526. The van der Waals surface area contributed by atoms with Gasteiger partial charge in [-0.05, 0) is 67.7 Å². The van der Waals surface area contributed by atoms with Crippen molar-refractivity contribution in [3.8, 4) is 0 Å². The minimum absolute atomic E-state index is 0.125. The number of hydrogen-bond donors (Lipinski definition) is 1. The van der Waals surface area contributed by atoms with Gasteiger partial charge in [0, 0.05) is 6.42 Å². The van der Waals surface area contributed by atoms with Crippen molar-refractivity contribution >= 4 is 5.97 Å². The van der Waals surface area contributed by atoms with Crippen LogP contribution in [0.4, 0.5) is 0 Å². The second kappa shape index (κ2) is 6.18. The fourth-order valence-corrected chi connectivity index (χ4v) is 3.71. The maximum absolute atomic E-state index is 11.4. The molecule has 114 valence electrons. The maximum Gasteiger partial charge on any atom is 0.308 e. The molecule has 21 heavy (non-hydrogen) atoms. The fraction of sp³-hybridized carbons (Fsp3) is 0.611. The molecular weight excluding hydrogens is 264 g/mol. The van der Waals surface area contributed by atoms with Crippen LogP contribution < -0.4 is 0 Å². The van der Waals surface area contributed by atoms with Gasteiger partial charge in [0.15, 0.2) is 0 Å². The largest absolute Gasteiger partial charge is 0.462 e. The summed E-state index contributed by atoms with van der Waals surface area (Å²) in [7, 11) is 0. The Kier molecular flexibility index (Phi) is 4.29. The van der Waals surface area contributed by atoms with Gasteiger partial charge >= 0.3 is 5.97 Å². The molecule has 0 spiro atoms. The van der Waals surface area contributed by atoms with Crippen molar-refractivity contribution in [3.63, 3.8) is 0 Å². The Morgan fingerprint density at radius 2 is 2.10 bits per heavy atom. The molecule has 1 aliphatic carbocycles. The number of aliphatic hydroxyl groups excluding tert-OH is 1. The second-order valence-electron chi connectivity index (χ2n) is 6.45. The highest BCUT2D eigenvalue weighted by Gasteiger charge is 2.27. The third kappa shape index (κ3) is 3.29. The van der Waals surface area contributed by atoms with Gasteiger partial charge in [0.1, 0.15) is 6.10 Å². The third-order valence-corrected chi connectivity index (χ3v) is 4.84. The van der Waals surface area contributed by atoms with Crippen LogP contribution in [0.2, 0.25) is 0 Å². The summed E-state index contributed by atoms with van der Waals surface area (Å²) in [5.41, 5.74) is 5.83. The Balaban J connectivity index is 1.71. The van der Waals surface area contributed by atoms with E-state index in [1.165, 1.54) is 47.9 Å². The fourth-order valence-electron chi connectivity index (χ4n) is 3.71. The molecule has 1 N–H and O–H groups in total. The lowest BCUT2D eigenvalue weighted by Crippen LogP contribution is -2.32. The first kappa shape index (κ1) is 14.6. The molecule has 3 heteroatoms. The lowest BCUT2D eigenvalue weighted by molar-refractivity contribution is -0.160. The predicted octanol–water partition coefficient (Wildman–Crippen LogP) is 2.87. The van der Waals surface area contributed by atoms with E-state index >= 15 is 0 Å². The molecule has 1 heterocycles. The topological polar surface area (TPSA) is 46.5 Å². The lowest BCUT2D eigenvalue weighted by atomic mass is 9.84. The number of aliphatic hydroxyl groups is 1. The van der Waals surface area contributed by atoms with E-state index in [4.69, 9.17) is 4.74 Å². The summed E-state index contributed by atoms with van der Waals surface area (Å²) < 4.78 is 5.36. The van der Waals surface area contributed by atoms with Gasteiger partial charge in [-0.2, -0.15) is 0 Å². The highest BCUT2D eigenvalue weighted by atomic mass is 16.5. The first-order chi connectivity index (χ1) is 10.1. The van der Waals surface area contributed by atoms with Crippen molar-refractivity contribution in [1.82, 2.24) is 0 Å². The molecule has 1 fully saturated rings. The Morgan fingerprint density at radius 1 is 1.29 bits per heavy atom. The molecule has 1 aromatic carbocycles. The standard InChI is InChI=1S/C18H24O3/c1-12-6-7-13-4-2-3-5-17(13)16(12)9-8-15-10-14(19)11-18(20)21-15/h6-7,14-15,19H,2-5,8-11H2,1H3. The van der Waals surface area contributed by atoms with E-state index in [0.717, 1.165) is 12.8 Å². The van der Waals surface area contributed by atoms with Crippen molar-refractivity contribution in [3.05, 3.63) is 34.4 Å². The zero-order valence-electron chi connectivity index (χ0n) is 12.7. The molecule has 0 amide bonds. The second-order valence-corrected chi connectivity index (χ2v) is 6.45. The predicted molar refractivity (Wildman–Crippen MR) is 81.3 cm³/mol. The summed E-state index contributed by atoms with van der Waals surface area (Å²) in [4.78, 5) is 11.4. The van der Waals surface area contributed by atoms with Gasteiger partial charge < -0.3 is 9.84 Å². The Labute approximate surface area is 126 Å². The molecule has 0 aromatic heterocycles. The van der Waals surface area contributed by atoms with E-state index in [1.807, 2.05) is 0 Å². The van der Waals surface area contributed by atoms with E-state index in [-0.39, 0.29) is 18.5 Å². The summed E-state index contributed by atoms with van der Waals surface area (Å²) in [6, 6.07) is 4.50. The first-order valence-electron chi connectivity index (χ1n) is 8.11. The van der Waals surface area contributed by atoms with Crippen LogP contribution in [0.1, 0.15) is 54.4 Å². The van der Waals surface area contributed by atoms with Crippen LogP contribution in [-0.4, -0.2) is 23.3 Å². The number of aryl methyl sites for hydroxylation is 2. The number of rotatable bonds is 3. The molecule has 2 unspecified atom stereocenters. The van der Waals surface area contributed by atoms with Crippen LogP contribution >= 0.6 is 0 Å². The van der Waals surface area contributed by atoms with E-state index in [2.05, 4.69) is 19.1 Å².